The normalized spacial score (nSPS) is 14.0. The summed E-state index contributed by atoms with van der Waals surface area (Å²) in [4.78, 5) is 13.3. The molecule has 0 unspecified atom stereocenters. The number of carbonyl (C=O) groups is 1. The van der Waals surface area contributed by atoms with Crippen LogP contribution in [0.15, 0.2) is 34.1 Å². The number of aromatic amines is 1. The average molecular weight is 369 g/mol. The molecule has 1 aliphatic carbocycles. The van der Waals surface area contributed by atoms with E-state index in [0.717, 1.165) is 34.9 Å². The molecular weight excluding hydrogens is 346 g/mol. The molecule has 0 saturated carbocycles. The van der Waals surface area contributed by atoms with Crippen LogP contribution in [0.25, 0.3) is 10.6 Å². The van der Waals surface area contributed by atoms with Gasteiger partial charge in [0.05, 0.1) is 17.1 Å². The second-order valence-electron chi connectivity index (χ2n) is 6.71. The molecule has 0 atom stereocenters. The summed E-state index contributed by atoms with van der Waals surface area (Å²) < 4.78 is 5.83. The van der Waals surface area contributed by atoms with Crippen LogP contribution in [-0.2, 0) is 30.6 Å². The van der Waals surface area contributed by atoms with Gasteiger partial charge in [-0.3, -0.25) is 9.89 Å². The lowest BCUT2D eigenvalue weighted by Gasteiger charge is -2.05. The van der Waals surface area contributed by atoms with Gasteiger partial charge in [0.2, 0.25) is 5.91 Å². The summed E-state index contributed by atoms with van der Waals surface area (Å²) in [5.41, 5.74) is 3.56. The molecule has 1 amide bonds. The van der Waals surface area contributed by atoms with Crippen molar-refractivity contribution >= 4 is 17.2 Å². The van der Waals surface area contributed by atoms with Crippen LogP contribution in [0.2, 0.25) is 0 Å². The Bertz CT molecular complexity index is 864. The zero-order chi connectivity index (χ0) is 17.8. The quantitative estimate of drug-likeness (QED) is 0.638. The zero-order valence-electron chi connectivity index (χ0n) is 14.7. The molecule has 5 nitrogen and oxygen atoms in total. The van der Waals surface area contributed by atoms with Crippen molar-refractivity contribution in [3.05, 3.63) is 52.4 Å². The van der Waals surface area contributed by atoms with Gasteiger partial charge in [0.1, 0.15) is 11.5 Å². The van der Waals surface area contributed by atoms with Crippen LogP contribution in [0, 0.1) is 0 Å². The minimum atomic E-state index is 0.0319. The van der Waals surface area contributed by atoms with Crippen LogP contribution in [0.4, 0.5) is 0 Å². The maximum atomic E-state index is 12.2. The maximum Gasteiger partial charge on any atom is 0.220 e. The molecule has 6 heteroatoms. The van der Waals surface area contributed by atoms with E-state index in [1.165, 1.54) is 30.5 Å². The molecule has 3 aromatic heterocycles. The second-order valence-corrected chi connectivity index (χ2v) is 7.66. The number of amides is 1. The number of nitrogens with zero attached hydrogens (tertiary/aromatic N) is 1. The van der Waals surface area contributed by atoms with E-state index >= 15 is 0 Å². The topological polar surface area (TPSA) is 70.9 Å². The molecule has 26 heavy (non-hydrogen) atoms. The summed E-state index contributed by atoms with van der Waals surface area (Å²) in [7, 11) is 0. The summed E-state index contributed by atoms with van der Waals surface area (Å²) in [6, 6.07) is 7.96. The van der Waals surface area contributed by atoms with Crippen LogP contribution in [0.3, 0.4) is 0 Å². The van der Waals surface area contributed by atoms with Gasteiger partial charge in [-0.05, 0) is 54.8 Å². The van der Waals surface area contributed by atoms with Crippen molar-refractivity contribution in [3.8, 4) is 10.6 Å². The summed E-state index contributed by atoms with van der Waals surface area (Å²) in [5, 5.41) is 12.6. The molecule has 0 aromatic carbocycles. The first-order chi connectivity index (χ1) is 12.8. The van der Waals surface area contributed by atoms with E-state index in [-0.39, 0.29) is 5.91 Å². The SMILES string of the molecule is O=C(CCc1ccc(-c2cccs2)o1)NCc1n[nH]c2c1CCCCC2. The second kappa shape index (κ2) is 7.91. The highest BCUT2D eigenvalue weighted by Gasteiger charge is 2.16. The molecular formula is C20H23N3O2S. The number of carbonyl (C=O) groups excluding carboxylic acids is 1. The number of furan rings is 1. The Balaban J connectivity index is 1.28. The molecule has 0 radical (unpaired) electrons. The predicted octanol–water partition coefficient (Wildman–Crippen LogP) is 4.25. The van der Waals surface area contributed by atoms with Gasteiger partial charge >= 0.3 is 0 Å². The number of H-pyrrole nitrogens is 1. The van der Waals surface area contributed by atoms with Crippen LogP contribution < -0.4 is 5.32 Å². The van der Waals surface area contributed by atoms with Gasteiger partial charge < -0.3 is 9.73 Å². The molecule has 3 heterocycles. The van der Waals surface area contributed by atoms with Crippen molar-refractivity contribution in [2.45, 2.75) is 51.5 Å². The third kappa shape index (κ3) is 3.90. The molecule has 0 aliphatic heterocycles. The number of thiophene rings is 1. The lowest BCUT2D eigenvalue weighted by atomic mass is 10.1. The van der Waals surface area contributed by atoms with E-state index in [9.17, 15) is 4.79 Å². The minimum Gasteiger partial charge on any atom is -0.460 e. The molecule has 0 bridgehead atoms. The van der Waals surface area contributed by atoms with Gasteiger partial charge in [0.25, 0.3) is 0 Å². The Kier molecular flexibility index (Phi) is 5.20. The molecule has 0 spiro atoms. The van der Waals surface area contributed by atoms with E-state index in [0.29, 0.717) is 19.4 Å². The van der Waals surface area contributed by atoms with Crippen molar-refractivity contribution in [1.29, 1.82) is 0 Å². The van der Waals surface area contributed by atoms with Crippen molar-refractivity contribution < 1.29 is 9.21 Å². The molecule has 1 aliphatic rings. The number of nitrogens with one attached hydrogen (secondary N) is 2. The highest BCUT2D eigenvalue weighted by atomic mass is 32.1. The number of aryl methyl sites for hydroxylation is 2. The van der Waals surface area contributed by atoms with Gasteiger partial charge in [-0.15, -0.1) is 11.3 Å². The number of fused-ring (bicyclic) bond motifs is 1. The summed E-state index contributed by atoms with van der Waals surface area (Å²) in [6.45, 7) is 0.503. The highest BCUT2D eigenvalue weighted by Crippen LogP contribution is 2.27. The Morgan fingerprint density at radius 3 is 3.04 bits per heavy atom. The van der Waals surface area contributed by atoms with Crippen molar-refractivity contribution in [2.75, 3.05) is 0 Å². The number of rotatable bonds is 6. The Morgan fingerprint density at radius 2 is 2.15 bits per heavy atom. The molecule has 3 aromatic rings. The first-order valence-electron chi connectivity index (χ1n) is 9.24. The Hall–Kier alpha value is -2.34. The first kappa shape index (κ1) is 17.1. The molecule has 0 saturated heterocycles. The standard InChI is InChI=1S/C20H23N3O2S/c24-20(11-9-14-8-10-18(25-14)19-7-4-12-26-19)21-13-17-15-5-2-1-3-6-16(15)22-23-17/h4,7-8,10,12H,1-3,5-6,9,11,13H2,(H,21,24)(H,22,23). The number of hydrogen-bond acceptors (Lipinski definition) is 4. The van der Waals surface area contributed by atoms with Crippen LogP contribution >= 0.6 is 11.3 Å². The molecule has 2 N–H and O–H groups in total. The van der Waals surface area contributed by atoms with Crippen LogP contribution in [0.5, 0.6) is 0 Å². The highest BCUT2D eigenvalue weighted by molar-refractivity contribution is 7.13. The average Bonchev–Trinajstić information content (AvgIpc) is 3.37. The monoisotopic (exact) mass is 369 g/mol. The third-order valence-corrected chi connectivity index (χ3v) is 5.75. The molecule has 4 rings (SSSR count). The van der Waals surface area contributed by atoms with E-state index in [1.54, 1.807) is 11.3 Å². The lowest BCUT2D eigenvalue weighted by Crippen LogP contribution is -2.23. The van der Waals surface area contributed by atoms with Crippen molar-refractivity contribution in [3.63, 3.8) is 0 Å². The van der Waals surface area contributed by atoms with Crippen molar-refractivity contribution in [1.82, 2.24) is 15.5 Å². The van der Waals surface area contributed by atoms with Gasteiger partial charge in [-0.2, -0.15) is 5.10 Å². The molecule has 136 valence electrons. The van der Waals surface area contributed by atoms with Gasteiger partial charge in [0.15, 0.2) is 0 Å². The summed E-state index contributed by atoms with van der Waals surface area (Å²) in [6.07, 6.45) is 6.86. The van der Waals surface area contributed by atoms with Gasteiger partial charge in [0, 0.05) is 18.5 Å². The first-order valence-corrected chi connectivity index (χ1v) is 10.1. The van der Waals surface area contributed by atoms with Crippen LogP contribution in [-0.4, -0.2) is 16.1 Å². The van der Waals surface area contributed by atoms with Gasteiger partial charge in [-0.25, -0.2) is 0 Å². The largest absolute Gasteiger partial charge is 0.460 e. The Morgan fingerprint density at radius 1 is 1.23 bits per heavy atom. The maximum absolute atomic E-state index is 12.2. The summed E-state index contributed by atoms with van der Waals surface area (Å²) >= 11 is 1.65. The van der Waals surface area contributed by atoms with E-state index in [4.69, 9.17) is 4.42 Å². The number of hydrogen-bond donors (Lipinski definition) is 2. The van der Waals surface area contributed by atoms with E-state index in [2.05, 4.69) is 15.5 Å². The third-order valence-electron chi connectivity index (χ3n) is 4.87. The smallest absolute Gasteiger partial charge is 0.220 e. The predicted molar refractivity (Wildman–Crippen MR) is 102 cm³/mol. The van der Waals surface area contributed by atoms with Gasteiger partial charge in [-0.1, -0.05) is 12.5 Å². The zero-order valence-corrected chi connectivity index (χ0v) is 15.5. The fourth-order valence-corrected chi connectivity index (χ4v) is 4.13. The molecule has 0 fully saturated rings. The number of aromatic nitrogens is 2. The van der Waals surface area contributed by atoms with E-state index < -0.39 is 0 Å². The van der Waals surface area contributed by atoms with E-state index in [1.807, 2.05) is 29.6 Å². The summed E-state index contributed by atoms with van der Waals surface area (Å²) in [5.74, 6) is 1.75. The minimum absolute atomic E-state index is 0.0319. The fraction of sp³-hybridized carbons (Fsp3) is 0.400. The fourth-order valence-electron chi connectivity index (χ4n) is 3.44. The lowest BCUT2D eigenvalue weighted by molar-refractivity contribution is -0.121. The Labute approximate surface area is 156 Å². The van der Waals surface area contributed by atoms with Crippen LogP contribution in [0.1, 0.15) is 48.4 Å². The van der Waals surface area contributed by atoms with Crippen molar-refractivity contribution in [2.24, 2.45) is 0 Å².